The standard InChI is InChI=1S/C19H16ClN3O4S/c1-11(24)21-19-22-23(12(2)25)17(28-19)13-6-5-7-14(10-13)27-18(26)15-8-3-4-9-16(15)20/h3-10,17H,1-2H3,(H,21,22,24)/t17-/m0/s1. The second-order valence-corrected chi connectivity index (χ2v) is 7.34. The van der Waals surface area contributed by atoms with Crippen molar-refractivity contribution in [1.29, 1.82) is 0 Å². The Morgan fingerprint density at radius 3 is 2.57 bits per heavy atom. The highest BCUT2D eigenvalue weighted by Gasteiger charge is 2.32. The molecular weight excluding hydrogens is 402 g/mol. The summed E-state index contributed by atoms with van der Waals surface area (Å²) >= 11 is 7.25. The summed E-state index contributed by atoms with van der Waals surface area (Å²) in [5.41, 5.74) is 0.945. The molecule has 1 heterocycles. The van der Waals surface area contributed by atoms with Crippen molar-refractivity contribution in [1.82, 2.24) is 10.3 Å². The fourth-order valence-electron chi connectivity index (χ4n) is 2.50. The molecule has 0 unspecified atom stereocenters. The lowest BCUT2D eigenvalue weighted by Gasteiger charge is -2.19. The molecule has 9 heteroatoms. The fourth-order valence-corrected chi connectivity index (χ4v) is 3.84. The van der Waals surface area contributed by atoms with Gasteiger partial charge in [0.05, 0.1) is 10.6 Å². The lowest BCUT2D eigenvalue weighted by Crippen LogP contribution is -2.25. The zero-order chi connectivity index (χ0) is 20.3. The summed E-state index contributed by atoms with van der Waals surface area (Å²) in [7, 11) is 0. The fraction of sp³-hybridized carbons (Fsp3) is 0.158. The Morgan fingerprint density at radius 1 is 1.14 bits per heavy atom. The van der Waals surface area contributed by atoms with Gasteiger partial charge in [-0.2, -0.15) is 0 Å². The average molecular weight is 418 g/mol. The van der Waals surface area contributed by atoms with Gasteiger partial charge in [-0.15, -0.1) is 5.10 Å². The van der Waals surface area contributed by atoms with Crippen LogP contribution in [0.5, 0.6) is 5.75 Å². The Morgan fingerprint density at radius 2 is 1.89 bits per heavy atom. The number of halogens is 1. The summed E-state index contributed by atoms with van der Waals surface area (Å²) in [5.74, 6) is -0.839. The Bertz CT molecular complexity index is 979. The van der Waals surface area contributed by atoms with Gasteiger partial charge < -0.3 is 10.1 Å². The van der Waals surface area contributed by atoms with E-state index in [4.69, 9.17) is 16.3 Å². The molecule has 2 aromatic carbocycles. The highest BCUT2D eigenvalue weighted by molar-refractivity contribution is 8.14. The number of amides is 2. The Labute approximate surface area is 170 Å². The van der Waals surface area contributed by atoms with Crippen molar-refractivity contribution >= 4 is 46.3 Å². The summed E-state index contributed by atoms with van der Waals surface area (Å²) in [5, 5.41) is 8.13. The van der Waals surface area contributed by atoms with Crippen LogP contribution < -0.4 is 10.1 Å². The number of hydrazone groups is 1. The van der Waals surface area contributed by atoms with E-state index in [1.54, 1.807) is 48.5 Å². The van der Waals surface area contributed by atoms with Crippen molar-refractivity contribution in [3.8, 4) is 5.75 Å². The van der Waals surface area contributed by atoms with Crippen LogP contribution in [0.1, 0.15) is 35.1 Å². The quantitative estimate of drug-likeness (QED) is 0.609. The molecule has 144 valence electrons. The molecule has 0 radical (unpaired) electrons. The van der Waals surface area contributed by atoms with E-state index in [2.05, 4.69) is 10.4 Å². The van der Waals surface area contributed by atoms with E-state index >= 15 is 0 Å². The maximum absolute atomic E-state index is 12.4. The summed E-state index contributed by atoms with van der Waals surface area (Å²) in [6, 6.07) is 13.4. The van der Waals surface area contributed by atoms with E-state index in [0.29, 0.717) is 21.5 Å². The topological polar surface area (TPSA) is 88.1 Å². The highest BCUT2D eigenvalue weighted by Crippen LogP contribution is 2.39. The van der Waals surface area contributed by atoms with E-state index in [0.717, 1.165) is 0 Å². The summed E-state index contributed by atoms with van der Waals surface area (Å²) < 4.78 is 5.43. The minimum Gasteiger partial charge on any atom is -0.423 e. The molecule has 1 aliphatic rings. The molecule has 1 N–H and O–H groups in total. The van der Waals surface area contributed by atoms with Crippen LogP contribution in [0.4, 0.5) is 0 Å². The van der Waals surface area contributed by atoms with E-state index < -0.39 is 11.3 Å². The number of ether oxygens (including phenoxy) is 1. The van der Waals surface area contributed by atoms with Crippen LogP contribution in [-0.4, -0.2) is 28.0 Å². The molecule has 0 spiro atoms. The van der Waals surface area contributed by atoms with Gasteiger partial charge in [0, 0.05) is 13.8 Å². The van der Waals surface area contributed by atoms with Crippen molar-refractivity contribution in [2.24, 2.45) is 5.10 Å². The molecule has 2 aromatic rings. The number of hydrogen-bond donors (Lipinski definition) is 1. The number of nitrogens with zero attached hydrogens (tertiary/aromatic N) is 2. The van der Waals surface area contributed by atoms with Crippen molar-refractivity contribution < 1.29 is 19.1 Å². The van der Waals surface area contributed by atoms with Gasteiger partial charge in [0.15, 0.2) is 5.17 Å². The maximum atomic E-state index is 12.4. The van der Waals surface area contributed by atoms with Crippen LogP contribution in [0, 0.1) is 0 Å². The van der Waals surface area contributed by atoms with Crippen molar-refractivity contribution in [3.05, 3.63) is 64.7 Å². The first-order chi connectivity index (χ1) is 13.3. The van der Waals surface area contributed by atoms with Gasteiger partial charge in [-0.3, -0.25) is 9.59 Å². The van der Waals surface area contributed by atoms with Gasteiger partial charge in [-0.25, -0.2) is 9.80 Å². The molecule has 3 rings (SSSR count). The third-order valence-electron chi connectivity index (χ3n) is 3.70. The number of carbonyl (C=O) groups is 3. The Hall–Kier alpha value is -2.84. The first-order valence-electron chi connectivity index (χ1n) is 8.24. The number of esters is 1. The molecule has 0 fully saturated rings. The van der Waals surface area contributed by atoms with E-state index in [1.807, 2.05) is 0 Å². The molecule has 1 aliphatic heterocycles. The second-order valence-electron chi connectivity index (χ2n) is 5.86. The number of rotatable bonds is 3. The number of nitrogens with one attached hydrogen (secondary N) is 1. The molecular formula is C19H16ClN3O4S. The first kappa shape index (κ1) is 19.9. The summed E-state index contributed by atoms with van der Waals surface area (Å²) in [4.78, 5) is 35.6. The Balaban J connectivity index is 1.81. The van der Waals surface area contributed by atoms with Crippen LogP contribution in [0.3, 0.4) is 0 Å². The summed E-state index contributed by atoms with van der Waals surface area (Å²) in [6.45, 7) is 2.75. The molecule has 0 saturated carbocycles. The number of hydrogen-bond acceptors (Lipinski definition) is 6. The van der Waals surface area contributed by atoms with Crippen LogP contribution in [0.2, 0.25) is 5.02 Å². The van der Waals surface area contributed by atoms with Crippen LogP contribution >= 0.6 is 23.4 Å². The first-order valence-corrected chi connectivity index (χ1v) is 9.50. The van der Waals surface area contributed by atoms with Gasteiger partial charge in [-0.05, 0) is 29.8 Å². The third kappa shape index (κ3) is 4.52. The monoisotopic (exact) mass is 417 g/mol. The van der Waals surface area contributed by atoms with Gasteiger partial charge >= 0.3 is 5.97 Å². The van der Waals surface area contributed by atoms with Gasteiger partial charge in [0.1, 0.15) is 11.1 Å². The number of benzene rings is 2. The number of thioether (sulfide) groups is 1. The van der Waals surface area contributed by atoms with E-state index in [-0.39, 0.29) is 17.4 Å². The van der Waals surface area contributed by atoms with Crippen LogP contribution in [0.25, 0.3) is 0 Å². The zero-order valence-corrected chi connectivity index (χ0v) is 16.6. The average Bonchev–Trinajstić information content (AvgIpc) is 3.05. The van der Waals surface area contributed by atoms with Gasteiger partial charge in [0.2, 0.25) is 11.8 Å². The third-order valence-corrected chi connectivity index (χ3v) is 5.13. The normalized spacial score (nSPS) is 15.8. The molecule has 1 atom stereocenters. The predicted octanol–water partition coefficient (Wildman–Crippen LogP) is 3.56. The highest BCUT2D eigenvalue weighted by atomic mass is 35.5. The van der Waals surface area contributed by atoms with Gasteiger partial charge in [-0.1, -0.05) is 47.6 Å². The smallest absolute Gasteiger partial charge is 0.345 e. The molecule has 0 saturated heterocycles. The minimum atomic E-state index is -0.583. The second kappa shape index (κ2) is 8.45. The SMILES string of the molecule is CC(=O)NC1=NN(C(C)=O)[C@H](c2cccc(OC(=O)c3ccccc3Cl)c2)S1. The predicted molar refractivity (Wildman–Crippen MR) is 107 cm³/mol. The van der Waals surface area contributed by atoms with E-state index in [9.17, 15) is 14.4 Å². The Kier molecular flexibility index (Phi) is 6.01. The molecule has 28 heavy (non-hydrogen) atoms. The number of amidine groups is 1. The molecule has 0 aliphatic carbocycles. The minimum absolute atomic E-state index is 0.256. The summed E-state index contributed by atoms with van der Waals surface area (Å²) in [6.07, 6.45) is 0. The van der Waals surface area contributed by atoms with Crippen molar-refractivity contribution in [3.63, 3.8) is 0 Å². The molecule has 0 aromatic heterocycles. The van der Waals surface area contributed by atoms with Crippen LogP contribution in [-0.2, 0) is 9.59 Å². The molecule has 0 bridgehead atoms. The number of carbonyl (C=O) groups excluding carboxylic acids is 3. The lowest BCUT2D eigenvalue weighted by molar-refractivity contribution is -0.129. The molecule has 7 nitrogen and oxygen atoms in total. The largest absolute Gasteiger partial charge is 0.423 e. The maximum Gasteiger partial charge on any atom is 0.345 e. The zero-order valence-electron chi connectivity index (χ0n) is 15.0. The van der Waals surface area contributed by atoms with Crippen molar-refractivity contribution in [2.45, 2.75) is 19.2 Å². The van der Waals surface area contributed by atoms with Crippen molar-refractivity contribution in [2.75, 3.05) is 0 Å². The van der Waals surface area contributed by atoms with Crippen LogP contribution in [0.15, 0.2) is 53.6 Å². The molecule has 2 amide bonds. The van der Waals surface area contributed by atoms with E-state index in [1.165, 1.54) is 30.6 Å². The van der Waals surface area contributed by atoms with Gasteiger partial charge in [0.25, 0.3) is 0 Å². The lowest BCUT2D eigenvalue weighted by atomic mass is 10.2.